The van der Waals surface area contributed by atoms with Crippen molar-refractivity contribution in [3.63, 3.8) is 0 Å². The number of aromatic nitrogens is 2. The van der Waals surface area contributed by atoms with E-state index in [4.69, 9.17) is 0 Å². The van der Waals surface area contributed by atoms with Crippen molar-refractivity contribution in [1.29, 1.82) is 0 Å². The molecule has 1 unspecified atom stereocenters. The Balaban J connectivity index is 0.000000902. The van der Waals surface area contributed by atoms with Gasteiger partial charge in [-0.1, -0.05) is 11.9 Å². The van der Waals surface area contributed by atoms with Gasteiger partial charge in [-0.3, -0.25) is 5.32 Å². The molecule has 1 aromatic heterocycles. The van der Waals surface area contributed by atoms with Crippen molar-refractivity contribution in [1.82, 2.24) is 10.3 Å². The summed E-state index contributed by atoms with van der Waals surface area (Å²) in [7, 11) is 0. The van der Waals surface area contributed by atoms with E-state index in [2.05, 4.69) is 38.1 Å². The van der Waals surface area contributed by atoms with Crippen molar-refractivity contribution in [3.8, 4) is 0 Å². The monoisotopic (exact) mass is 305 g/mol. The lowest BCUT2D eigenvalue weighted by atomic mass is 10.2. The predicted octanol–water partition coefficient (Wildman–Crippen LogP) is -2.59. The Bertz CT molecular complexity index is 409. The Labute approximate surface area is 126 Å². The first-order valence-corrected chi connectivity index (χ1v) is 6.48. The highest BCUT2D eigenvalue weighted by atomic mass is 35.5. The van der Waals surface area contributed by atoms with Gasteiger partial charge in [0.05, 0.1) is 6.07 Å². The zero-order chi connectivity index (χ0) is 11.7. The third kappa shape index (κ3) is 3.41. The van der Waals surface area contributed by atoms with Gasteiger partial charge in [0, 0.05) is 26.2 Å². The van der Waals surface area contributed by atoms with Crippen molar-refractivity contribution in [3.05, 3.63) is 12.4 Å². The summed E-state index contributed by atoms with van der Waals surface area (Å²) in [5, 5.41) is 6.91. The second-order valence-electron chi connectivity index (χ2n) is 4.77. The summed E-state index contributed by atoms with van der Waals surface area (Å²) in [4.78, 5) is 6.91. The van der Waals surface area contributed by atoms with Crippen molar-refractivity contribution < 1.29 is 17.0 Å². The van der Waals surface area contributed by atoms with Crippen LogP contribution < -0.4 is 32.5 Å². The molecule has 5 nitrogen and oxygen atoms in total. The molecule has 1 saturated heterocycles. The van der Waals surface area contributed by atoms with Gasteiger partial charge >= 0.3 is 0 Å². The van der Waals surface area contributed by atoms with Crippen LogP contribution in [0.2, 0.25) is 0 Å². The summed E-state index contributed by atoms with van der Waals surface area (Å²) >= 11 is 0. The van der Waals surface area contributed by atoms with E-state index in [9.17, 15) is 0 Å². The lowest BCUT2D eigenvalue weighted by Crippen LogP contribution is -3.00. The van der Waals surface area contributed by atoms with Crippen molar-refractivity contribution in [2.24, 2.45) is 0 Å². The maximum absolute atomic E-state index is 4.56. The first kappa shape index (κ1) is 16.3. The van der Waals surface area contributed by atoms with E-state index in [0.717, 1.165) is 45.0 Å². The number of anilines is 2. The van der Waals surface area contributed by atoms with E-state index in [1.54, 1.807) is 0 Å². The molecule has 1 fully saturated rings. The molecule has 0 aliphatic carbocycles. The number of halogens is 2. The highest BCUT2D eigenvalue weighted by molar-refractivity contribution is 5.85. The van der Waals surface area contributed by atoms with Gasteiger partial charge in [-0.15, -0.1) is 12.4 Å². The number of hydrogen-bond donors (Lipinski definition) is 2. The molecule has 3 rings (SSSR count). The Hall–Kier alpha value is -0.780. The summed E-state index contributed by atoms with van der Waals surface area (Å²) < 4.78 is 2.21. The molecule has 0 saturated carbocycles. The molecule has 108 valence electrons. The Kier molecular flexibility index (Phi) is 6.10. The summed E-state index contributed by atoms with van der Waals surface area (Å²) in [5.74, 6) is 2.31. The van der Waals surface area contributed by atoms with Crippen LogP contribution in [-0.4, -0.2) is 37.2 Å². The standard InChI is InChI=1S/C12H19N5.2ClH/c1-2-10-8-17-9-14-11(7-12(17)15-10)16-5-3-13-4-6-16;;/h7,9-10,13H,2-6,8H2,1H3;2*1H. The van der Waals surface area contributed by atoms with E-state index >= 15 is 0 Å². The van der Waals surface area contributed by atoms with Crippen LogP contribution in [0.3, 0.4) is 0 Å². The molecule has 7 heteroatoms. The second-order valence-corrected chi connectivity index (χ2v) is 4.77. The van der Waals surface area contributed by atoms with Crippen LogP contribution in [0.1, 0.15) is 13.3 Å². The van der Waals surface area contributed by atoms with Gasteiger partial charge in [0.15, 0.2) is 0 Å². The van der Waals surface area contributed by atoms with Crippen molar-refractivity contribution in [2.45, 2.75) is 25.9 Å². The molecular formula is C12H21Cl2N5. The van der Waals surface area contributed by atoms with Gasteiger partial charge in [0.1, 0.15) is 12.6 Å². The summed E-state index contributed by atoms with van der Waals surface area (Å²) in [6.45, 7) is 7.46. The number of rotatable bonds is 2. The van der Waals surface area contributed by atoms with Gasteiger partial charge in [-0.05, 0) is 6.42 Å². The van der Waals surface area contributed by atoms with Crippen molar-refractivity contribution in [2.75, 3.05) is 36.4 Å². The summed E-state index contributed by atoms with van der Waals surface area (Å²) in [6, 6.07) is 2.75. The molecule has 2 aliphatic rings. The Morgan fingerprint density at radius 3 is 2.84 bits per heavy atom. The zero-order valence-corrected chi connectivity index (χ0v) is 12.7. The van der Waals surface area contributed by atoms with E-state index in [-0.39, 0.29) is 24.8 Å². The average molecular weight is 306 g/mol. The normalized spacial score (nSPS) is 20.9. The molecule has 19 heavy (non-hydrogen) atoms. The molecule has 0 bridgehead atoms. The van der Waals surface area contributed by atoms with Crippen LogP contribution in [0.4, 0.5) is 11.6 Å². The van der Waals surface area contributed by atoms with Crippen LogP contribution in [0, 0.1) is 0 Å². The molecule has 0 amide bonds. The molecule has 2 N–H and O–H groups in total. The van der Waals surface area contributed by atoms with Gasteiger partial charge in [-0.25, -0.2) is 4.57 Å². The lowest BCUT2D eigenvalue weighted by Gasteiger charge is -2.26. The minimum absolute atomic E-state index is 0. The first-order chi connectivity index (χ1) is 8.36. The fourth-order valence-corrected chi connectivity index (χ4v) is 2.49. The van der Waals surface area contributed by atoms with Crippen LogP contribution in [-0.2, 0) is 6.54 Å². The van der Waals surface area contributed by atoms with Crippen LogP contribution in [0.25, 0.3) is 0 Å². The number of hydrogen-bond acceptors (Lipinski definition) is 4. The summed E-state index contributed by atoms with van der Waals surface area (Å²) in [6.07, 6.45) is 3.13. The largest absolute Gasteiger partial charge is 1.00 e. The second kappa shape index (κ2) is 7.12. The number of piperazine rings is 1. The van der Waals surface area contributed by atoms with E-state index < -0.39 is 0 Å². The van der Waals surface area contributed by atoms with Crippen LogP contribution in [0.5, 0.6) is 0 Å². The van der Waals surface area contributed by atoms with E-state index in [1.165, 1.54) is 5.82 Å². The average Bonchev–Trinajstić information content (AvgIpc) is 2.81. The number of fused-ring (bicyclic) bond motifs is 1. The van der Waals surface area contributed by atoms with E-state index in [1.807, 2.05) is 6.33 Å². The number of nitrogens with one attached hydrogen (secondary N) is 2. The third-order valence-electron chi connectivity index (χ3n) is 3.61. The van der Waals surface area contributed by atoms with Gasteiger partial charge in [0.2, 0.25) is 18.0 Å². The first-order valence-electron chi connectivity index (χ1n) is 6.48. The highest BCUT2D eigenvalue weighted by Crippen LogP contribution is 2.18. The smallest absolute Gasteiger partial charge is 0.228 e. The van der Waals surface area contributed by atoms with Gasteiger partial charge in [0.25, 0.3) is 0 Å². The van der Waals surface area contributed by atoms with Gasteiger partial charge < -0.3 is 22.6 Å². The fraction of sp³-hybridized carbons (Fsp3) is 0.667. The Morgan fingerprint density at radius 2 is 2.16 bits per heavy atom. The molecule has 1 aromatic rings. The molecule has 2 aliphatic heterocycles. The van der Waals surface area contributed by atoms with Crippen molar-refractivity contribution >= 4 is 24.0 Å². The Morgan fingerprint density at radius 1 is 1.42 bits per heavy atom. The quantitative estimate of drug-likeness (QED) is 0.589. The topological polar surface area (TPSA) is 44.1 Å². The molecular weight excluding hydrogens is 285 g/mol. The third-order valence-corrected chi connectivity index (χ3v) is 3.61. The SMILES string of the molecule is CCC1C[n+]2cnc(N3CCNCC3)cc2N1.Cl.[Cl-]. The molecule has 0 aromatic carbocycles. The molecule has 0 spiro atoms. The fourth-order valence-electron chi connectivity index (χ4n) is 2.49. The maximum atomic E-state index is 4.56. The molecule has 0 radical (unpaired) electrons. The van der Waals surface area contributed by atoms with Crippen LogP contribution >= 0.6 is 12.4 Å². The minimum Gasteiger partial charge on any atom is -1.00 e. The maximum Gasteiger partial charge on any atom is 0.228 e. The van der Waals surface area contributed by atoms with E-state index in [0.29, 0.717) is 6.04 Å². The zero-order valence-electron chi connectivity index (χ0n) is 11.1. The molecule has 3 heterocycles. The predicted molar refractivity (Wildman–Crippen MR) is 74.5 cm³/mol. The number of nitrogens with zero attached hydrogens (tertiary/aromatic N) is 3. The molecule has 1 atom stereocenters. The highest BCUT2D eigenvalue weighted by Gasteiger charge is 2.26. The van der Waals surface area contributed by atoms with Gasteiger partial charge in [-0.2, -0.15) is 0 Å². The lowest BCUT2D eigenvalue weighted by molar-refractivity contribution is -0.676. The van der Waals surface area contributed by atoms with Crippen LogP contribution in [0.15, 0.2) is 12.4 Å². The summed E-state index contributed by atoms with van der Waals surface area (Å²) in [5.41, 5.74) is 0. The minimum atomic E-state index is 0.